The summed E-state index contributed by atoms with van der Waals surface area (Å²) in [7, 11) is 1.26. The summed E-state index contributed by atoms with van der Waals surface area (Å²) >= 11 is 0. The quantitative estimate of drug-likeness (QED) is 0.222. The maximum absolute atomic E-state index is 14.1. The van der Waals surface area contributed by atoms with Crippen LogP contribution in [-0.4, -0.2) is 31.4 Å². The largest absolute Gasteiger partial charge is 0.493 e. The molecule has 1 heterocycles. The maximum atomic E-state index is 14.1. The molecule has 178 valence electrons. The van der Waals surface area contributed by atoms with Gasteiger partial charge in [-0.15, -0.1) is 0 Å². The Bertz CT molecular complexity index is 1110. The molecule has 0 N–H and O–H groups in total. The van der Waals surface area contributed by atoms with E-state index in [4.69, 9.17) is 14.0 Å². The van der Waals surface area contributed by atoms with Crippen LogP contribution in [0, 0.1) is 5.82 Å². The second-order valence-electron chi connectivity index (χ2n) is 7.27. The van der Waals surface area contributed by atoms with Gasteiger partial charge in [0.2, 0.25) is 0 Å². The summed E-state index contributed by atoms with van der Waals surface area (Å²) in [6.07, 6.45) is -3.12. The highest BCUT2D eigenvalue weighted by Gasteiger charge is 2.37. The van der Waals surface area contributed by atoms with Crippen molar-refractivity contribution < 1.29 is 41.1 Å². The number of fused-ring (bicyclic) bond motifs is 1. The molecular weight excluding hydrogens is 446 g/mol. The Kier molecular flexibility index (Phi) is 7.78. The van der Waals surface area contributed by atoms with Gasteiger partial charge in [-0.2, -0.15) is 13.2 Å². The van der Waals surface area contributed by atoms with Crippen molar-refractivity contribution >= 4 is 16.9 Å². The van der Waals surface area contributed by atoms with Crippen molar-refractivity contribution in [3.8, 4) is 11.5 Å². The minimum Gasteiger partial charge on any atom is -0.493 e. The number of hydrogen-bond acceptors (Lipinski definition) is 6. The summed E-state index contributed by atoms with van der Waals surface area (Å²) < 4.78 is 74.2. The van der Waals surface area contributed by atoms with Crippen molar-refractivity contribution in [1.29, 1.82) is 0 Å². The molecule has 2 aromatic carbocycles. The number of aromatic nitrogens is 1. The number of nitrogens with zero attached hydrogens (tertiary/aromatic N) is 1. The predicted octanol–water partition coefficient (Wildman–Crippen LogP) is 5.50. The molecular formula is C23H23F4NO5. The fourth-order valence-corrected chi connectivity index (χ4v) is 3.30. The summed E-state index contributed by atoms with van der Waals surface area (Å²) in [5.41, 5.74) is -0.0115. The second-order valence-corrected chi connectivity index (χ2v) is 7.27. The number of benzene rings is 2. The number of aryl methyl sites for hydroxylation is 1. The Labute approximate surface area is 187 Å². The summed E-state index contributed by atoms with van der Waals surface area (Å²) in [4.78, 5) is 11.3. The minimum atomic E-state index is -4.61. The number of hydrogen-bond donors (Lipinski definition) is 0. The number of ether oxygens (including phenoxy) is 3. The van der Waals surface area contributed by atoms with E-state index in [1.54, 1.807) is 6.07 Å². The molecule has 0 saturated carbocycles. The van der Waals surface area contributed by atoms with Crippen LogP contribution in [-0.2, 0) is 28.5 Å². The van der Waals surface area contributed by atoms with Gasteiger partial charge in [0.15, 0.2) is 22.8 Å². The molecule has 3 rings (SSSR count). The summed E-state index contributed by atoms with van der Waals surface area (Å²) in [5.74, 6) is -0.620. The Hall–Kier alpha value is -3.30. The zero-order valence-corrected chi connectivity index (χ0v) is 18.1. The molecule has 0 unspecified atom stereocenters. The van der Waals surface area contributed by atoms with Crippen molar-refractivity contribution in [2.75, 3.05) is 20.3 Å². The molecule has 0 radical (unpaired) electrons. The van der Waals surface area contributed by atoms with Crippen LogP contribution in [0.25, 0.3) is 11.0 Å². The van der Waals surface area contributed by atoms with E-state index in [-0.39, 0.29) is 36.4 Å². The molecule has 0 aliphatic heterocycles. The highest BCUT2D eigenvalue weighted by Crippen LogP contribution is 2.38. The number of carbonyl (C=O) groups excluding carboxylic acids is 1. The van der Waals surface area contributed by atoms with E-state index < -0.39 is 23.7 Å². The predicted molar refractivity (Wildman–Crippen MR) is 111 cm³/mol. The Morgan fingerprint density at radius 1 is 1.09 bits per heavy atom. The average molecular weight is 469 g/mol. The lowest BCUT2D eigenvalue weighted by atomic mass is 10.0. The van der Waals surface area contributed by atoms with Gasteiger partial charge in [0.25, 0.3) is 0 Å². The van der Waals surface area contributed by atoms with Gasteiger partial charge < -0.3 is 18.7 Å². The van der Waals surface area contributed by atoms with Crippen molar-refractivity contribution in [3.05, 3.63) is 53.0 Å². The van der Waals surface area contributed by atoms with Crippen LogP contribution in [0.2, 0.25) is 0 Å². The Morgan fingerprint density at radius 2 is 1.79 bits per heavy atom. The average Bonchev–Trinajstić information content (AvgIpc) is 3.21. The van der Waals surface area contributed by atoms with Gasteiger partial charge >= 0.3 is 12.1 Å². The summed E-state index contributed by atoms with van der Waals surface area (Å²) in [6.45, 7) is 2.24. The lowest BCUT2D eigenvalue weighted by Crippen LogP contribution is -2.08. The van der Waals surface area contributed by atoms with Crippen molar-refractivity contribution in [3.63, 3.8) is 0 Å². The Morgan fingerprint density at radius 3 is 2.42 bits per heavy atom. The van der Waals surface area contributed by atoms with E-state index >= 15 is 0 Å². The molecule has 1 aromatic heterocycles. The number of esters is 1. The maximum Gasteiger partial charge on any atom is 0.437 e. The first kappa shape index (κ1) is 24.3. The van der Waals surface area contributed by atoms with Crippen molar-refractivity contribution in [1.82, 2.24) is 5.16 Å². The second kappa shape index (κ2) is 10.5. The molecule has 0 atom stereocenters. The number of alkyl halides is 3. The molecule has 0 aliphatic carbocycles. The SMILES string of the molecule is CCCc1c(OCCCOc2ccc(CC(=O)OC)cc2F)ccc2c(C(F)(F)F)noc12. The zero-order chi connectivity index (χ0) is 24.0. The number of rotatable bonds is 10. The molecule has 6 nitrogen and oxygen atoms in total. The number of carbonyl (C=O) groups is 1. The van der Waals surface area contributed by atoms with E-state index in [2.05, 4.69) is 9.89 Å². The molecule has 33 heavy (non-hydrogen) atoms. The van der Waals surface area contributed by atoms with Gasteiger partial charge in [0.05, 0.1) is 32.1 Å². The zero-order valence-electron chi connectivity index (χ0n) is 18.1. The topological polar surface area (TPSA) is 70.8 Å². The van der Waals surface area contributed by atoms with E-state index in [9.17, 15) is 22.4 Å². The number of methoxy groups -OCH3 is 1. The molecule has 0 amide bonds. The van der Waals surface area contributed by atoms with Crippen LogP contribution >= 0.6 is 0 Å². The molecule has 0 spiro atoms. The van der Waals surface area contributed by atoms with Crippen LogP contribution in [0.15, 0.2) is 34.9 Å². The van der Waals surface area contributed by atoms with Gasteiger partial charge in [0.1, 0.15) is 5.75 Å². The lowest BCUT2D eigenvalue weighted by Gasteiger charge is -2.12. The third kappa shape index (κ3) is 5.94. The standard InChI is InChI=1S/C23H23F4NO5/c1-3-5-15-18(9-7-16-21(15)33-28-22(16)23(25,26)27)31-10-4-11-32-19-8-6-14(12-17(19)24)13-20(29)30-2/h6-9,12H,3-5,10-11,13H2,1-2H3. The summed E-state index contributed by atoms with van der Waals surface area (Å²) in [6, 6.07) is 6.97. The van der Waals surface area contributed by atoms with E-state index in [0.29, 0.717) is 36.1 Å². The van der Waals surface area contributed by atoms with Crippen LogP contribution < -0.4 is 9.47 Å². The van der Waals surface area contributed by atoms with Crippen molar-refractivity contribution in [2.24, 2.45) is 0 Å². The third-order valence-corrected chi connectivity index (χ3v) is 4.85. The van der Waals surface area contributed by atoms with E-state index in [1.165, 1.54) is 31.4 Å². The molecule has 10 heteroatoms. The molecule has 0 fully saturated rings. The molecule has 3 aromatic rings. The summed E-state index contributed by atoms with van der Waals surface area (Å²) in [5, 5.41) is 3.09. The first-order valence-corrected chi connectivity index (χ1v) is 10.3. The van der Waals surface area contributed by atoms with E-state index in [1.807, 2.05) is 6.92 Å². The Balaban J connectivity index is 1.59. The fourth-order valence-electron chi connectivity index (χ4n) is 3.30. The van der Waals surface area contributed by atoms with Gasteiger partial charge in [-0.1, -0.05) is 24.6 Å². The monoisotopic (exact) mass is 469 g/mol. The molecule has 0 bridgehead atoms. The van der Waals surface area contributed by atoms with Crippen LogP contribution in [0.4, 0.5) is 17.6 Å². The van der Waals surface area contributed by atoms with Gasteiger partial charge in [-0.05, 0) is 36.2 Å². The lowest BCUT2D eigenvalue weighted by molar-refractivity contribution is -0.141. The van der Waals surface area contributed by atoms with E-state index in [0.717, 1.165) is 0 Å². The molecule has 0 saturated heterocycles. The van der Waals surface area contributed by atoms with Crippen LogP contribution in [0.3, 0.4) is 0 Å². The normalized spacial score (nSPS) is 11.6. The minimum absolute atomic E-state index is 0.0399. The first-order valence-electron chi connectivity index (χ1n) is 10.3. The smallest absolute Gasteiger partial charge is 0.437 e. The van der Waals surface area contributed by atoms with Crippen LogP contribution in [0.5, 0.6) is 11.5 Å². The van der Waals surface area contributed by atoms with Gasteiger partial charge in [-0.3, -0.25) is 4.79 Å². The highest BCUT2D eigenvalue weighted by atomic mass is 19.4. The van der Waals surface area contributed by atoms with Gasteiger partial charge in [-0.25, -0.2) is 4.39 Å². The first-order chi connectivity index (χ1) is 15.7. The third-order valence-electron chi connectivity index (χ3n) is 4.85. The highest BCUT2D eigenvalue weighted by molar-refractivity contribution is 5.85. The van der Waals surface area contributed by atoms with Crippen LogP contribution in [0.1, 0.15) is 36.6 Å². The number of halogens is 4. The van der Waals surface area contributed by atoms with Gasteiger partial charge in [0, 0.05) is 12.0 Å². The molecule has 0 aliphatic rings. The fraction of sp³-hybridized carbons (Fsp3) is 0.391. The van der Waals surface area contributed by atoms with Crippen molar-refractivity contribution in [2.45, 2.75) is 38.8 Å².